The van der Waals surface area contributed by atoms with Gasteiger partial charge in [0.15, 0.2) is 0 Å². The van der Waals surface area contributed by atoms with E-state index in [0.717, 1.165) is 32.5 Å². The van der Waals surface area contributed by atoms with Crippen LogP contribution in [-0.2, 0) is 17.7 Å². The van der Waals surface area contributed by atoms with Crippen molar-refractivity contribution in [3.8, 4) is 0 Å². The molecule has 0 spiro atoms. The van der Waals surface area contributed by atoms with Crippen LogP contribution in [0.15, 0.2) is 0 Å². The van der Waals surface area contributed by atoms with Crippen LogP contribution >= 0.6 is 0 Å². The van der Waals surface area contributed by atoms with Gasteiger partial charge in [0.1, 0.15) is 0 Å². The first-order valence-electron chi connectivity index (χ1n) is 8.45. The van der Waals surface area contributed by atoms with Gasteiger partial charge in [-0.2, -0.15) is 5.10 Å². The average molecular weight is 293 g/mol. The zero-order valence-corrected chi connectivity index (χ0v) is 14.1. The Balaban J connectivity index is 1.82. The molecule has 120 valence electrons. The largest absolute Gasteiger partial charge is 0.378 e. The van der Waals surface area contributed by atoms with E-state index in [1.807, 2.05) is 0 Å². The van der Waals surface area contributed by atoms with Crippen molar-refractivity contribution in [1.29, 1.82) is 0 Å². The number of aromatic nitrogens is 2. The molecule has 0 bridgehead atoms. The fourth-order valence-corrected chi connectivity index (χ4v) is 3.14. The summed E-state index contributed by atoms with van der Waals surface area (Å²) in [6, 6.07) is 0.548. The molecule has 2 rings (SSSR count). The molecule has 1 unspecified atom stereocenters. The maximum absolute atomic E-state index is 5.69. The Bertz CT molecular complexity index is 433. The van der Waals surface area contributed by atoms with E-state index in [9.17, 15) is 0 Å². The van der Waals surface area contributed by atoms with E-state index < -0.39 is 0 Å². The molecule has 1 saturated heterocycles. The van der Waals surface area contributed by atoms with E-state index in [1.54, 1.807) is 0 Å². The highest BCUT2D eigenvalue weighted by molar-refractivity contribution is 5.24. The van der Waals surface area contributed by atoms with Crippen LogP contribution in [0.25, 0.3) is 0 Å². The number of hydrogen-bond acceptors (Lipinski definition) is 3. The topological polar surface area (TPSA) is 39.1 Å². The normalized spacial score (nSPS) is 18.8. The molecule has 1 aromatic rings. The second kappa shape index (κ2) is 7.95. The van der Waals surface area contributed by atoms with Crippen molar-refractivity contribution in [2.75, 3.05) is 13.2 Å². The minimum atomic E-state index is 0.497. The summed E-state index contributed by atoms with van der Waals surface area (Å²) in [5.41, 5.74) is 3.95. The van der Waals surface area contributed by atoms with Crippen molar-refractivity contribution in [3.63, 3.8) is 0 Å². The highest BCUT2D eigenvalue weighted by Gasteiger charge is 2.16. The number of aryl methyl sites for hydroxylation is 2. The molecule has 0 aromatic carbocycles. The van der Waals surface area contributed by atoms with Gasteiger partial charge in [-0.25, -0.2) is 0 Å². The van der Waals surface area contributed by atoms with E-state index in [4.69, 9.17) is 9.84 Å². The Morgan fingerprint density at radius 1 is 1.38 bits per heavy atom. The summed E-state index contributed by atoms with van der Waals surface area (Å²) in [5.74, 6) is 0. The molecule has 0 saturated carbocycles. The van der Waals surface area contributed by atoms with Crippen molar-refractivity contribution in [2.24, 2.45) is 0 Å². The molecule has 1 aromatic heterocycles. The predicted molar refractivity (Wildman–Crippen MR) is 86.8 cm³/mol. The Kier molecular flexibility index (Phi) is 6.24. The third kappa shape index (κ3) is 4.82. The smallest absolute Gasteiger partial charge is 0.0628 e. The molecule has 4 nitrogen and oxygen atoms in total. The monoisotopic (exact) mass is 293 g/mol. The van der Waals surface area contributed by atoms with Gasteiger partial charge in [0, 0.05) is 24.9 Å². The molecule has 0 amide bonds. The van der Waals surface area contributed by atoms with Crippen molar-refractivity contribution < 1.29 is 4.74 Å². The lowest BCUT2D eigenvalue weighted by atomic mass is 10.1. The van der Waals surface area contributed by atoms with Gasteiger partial charge in [0.25, 0.3) is 0 Å². The predicted octanol–water partition coefficient (Wildman–Crippen LogP) is 3.00. The van der Waals surface area contributed by atoms with Gasteiger partial charge in [0.05, 0.1) is 11.8 Å². The fourth-order valence-electron chi connectivity index (χ4n) is 3.14. The Hall–Kier alpha value is -0.870. The van der Waals surface area contributed by atoms with E-state index >= 15 is 0 Å². The van der Waals surface area contributed by atoms with Crippen molar-refractivity contribution in [3.05, 3.63) is 17.0 Å². The van der Waals surface area contributed by atoms with Gasteiger partial charge in [-0.05, 0) is 58.1 Å². The van der Waals surface area contributed by atoms with Crippen molar-refractivity contribution in [1.82, 2.24) is 15.1 Å². The molecule has 1 N–H and O–H groups in total. The van der Waals surface area contributed by atoms with Crippen LogP contribution in [0.1, 0.15) is 56.5 Å². The van der Waals surface area contributed by atoms with E-state index in [2.05, 4.69) is 37.7 Å². The second-order valence-corrected chi connectivity index (χ2v) is 6.51. The number of rotatable bonds is 8. The highest BCUT2D eigenvalue weighted by Crippen LogP contribution is 2.18. The highest BCUT2D eigenvalue weighted by atomic mass is 16.5. The lowest BCUT2D eigenvalue weighted by molar-refractivity contribution is 0.101. The van der Waals surface area contributed by atoms with Crippen molar-refractivity contribution in [2.45, 2.75) is 78.5 Å². The van der Waals surface area contributed by atoms with Crippen LogP contribution in [-0.4, -0.2) is 35.1 Å². The lowest BCUT2D eigenvalue weighted by Gasteiger charge is -2.10. The van der Waals surface area contributed by atoms with Crippen LogP contribution in [0.4, 0.5) is 0 Å². The average Bonchev–Trinajstić information content (AvgIpc) is 3.02. The van der Waals surface area contributed by atoms with E-state index in [0.29, 0.717) is 12.1 Å². The summed E-state index contributed by atoms with van der Waals surface area (Å²) in [6.07, 6.45) is 6.37. The molecule has 4 heteroatoms. The maximum Gasteiger partial charge on any atom is 0.0628 e. The molecule has 1 fully saturated rings. The molecular weight excluding hydrogens is 262 g/mol. The molecule has 1 atom stereocenters. The summed E-state index contributed by atoms with van der Waals surface area (Å²) >= 11 is 0. The molecule has 0 aliphatic carbocycles. The van der Waals surface area contributed by atoms with Crippen LogP contribution in [0.2, 0.25) is 0 Å². The molecular formula is C17H31N3O. The van der Waals surface area contributed by atoms with Gasteiger partial charge in [0.2, 0.25) is 0 Å². The molecule has 0 radical (unpaired) electrons. The number of ether oxygens (including phenoxy) is 1. The number of hydrogen-bond donors (Lipinski definition) is 1. The van der Waals surface area contributed by atoms with Gasteiger partial charge < -0.3 is 10.1 Å². The third-order valence-electron chi connectivity index (χ3n) is 4.38. The van der Waals surface area contributed by atoms with Crippen molar-refractivity contribution >= 4 is 0 Å². The number of nitrogens with one attached hydrogen (secondary N) is 1. The van der Waals surface area contributed by atoms with Gasteiger partial charge in [-0.1, -0.05) is 13.8 Å². The first-order chi connectivity index (χ1) is 10.1. The third-order valence-corrected chi connectivity index (χ3v) is 4.38. The molecule has 2 heterocycles. The maximum atomic E-state index is 5.69. The van der Waals surface area contributed by atoms with Gasteiger partial charge in [-0.3, -0.25) is 4.68 Å². The Morgan fingerprint density at radius 3 is 2.86 bits per heavy atom. The molecule has 1 aliphatic rings. The van der Waals surface area contributed by atoms with Crippen LogP contribution in [0.3, 0.4) is 0 Å². The van der Waals surface area contributed by atoms with Gasteiger partial charge >= 0.3 is 0 Å². The van der Waals surface area contributed by atoms with E-state index in [-0.39, 0.29) is 0 Å². The summed E-state index contributed by atoms with van der Waals surface area (Å²) in [7, 11) is 0. The SMILES string of the molecule is Cc1nn(CCCC2CCCO2)c(C)c1CCNC(C)C. The molecule has 1 aliphatic heterocycles. The molecule has 21 heavy (non-hydrogen) atoms. The fraction of sp³-hybridized carbons (Fsp3) is 0.824. The quantitative estimate of drug-likeness (QED) is 0.801. The minimum Gasteiger partial charge on any atom is -0.378 e. The second-order valence-electron chi connectivity index (χ2n) is 6.51. The summed E-state index contributed by atoms with van der Waals surface area (Å²) in [5, 5.41) is 8.20. The van der Waals surface area contributed by atoms with E-state index in [1.165, 1.54) is 36.2 Å². The lowest BCUT2D eigenvalue weighted by Crippen LogP contribution is -2.25. The number of nitrogens with zero attached hydrogens (tertiary/aromatic N) is 2. The Labute approximate surface area is 129 Å². The zero-order valence-electron chi connectivity index (χ0n) is 14.1. The summed E-state index contributed by atoms with van der Waals surface area (Å²) < 4.78 is 7.88. The first kappa shape index (κ1) is 16.5. The van der Waals surface area contributed by atoms with Crippen LogP contribution in [0, 0.1) is 13.8 Å². The van der Waals surface area contributed by atoms with Gasteiger partial charge in [-0.15, -0.1) is 0 Å². The summed E-state index contributed by atoms with van der Waals surface area (Å²) in [4.78, 5) is 0. The minimum absolute atomic E-state index is 0.497. The Morgan fingerprint density at radius 2 is 2.19 bits per heavy atom. The standard InChI is InChI=1S/C17H31N3O/c1-13(2)18-10-9-17-14(3)19-20(15(17)4)11-5-7-16-8-6-12-21-16/h13,16,18H,5-12H2,1-4H3. The zero-order chi connectivity index (χ0) is 15.2. The van der Waals surface area contributed by atoms with Crippen LogP contribution in [0.5, 0.6) is 0 Å². The van der Waals surface area contributed by atoms with Crippen LogP contribution < -0.4 is 5.32 Å². The summed E-state index contributed by atoms with van der Waals surface area (Å²) in [6.45, 7) is 11.7. The first-order valence-corrected chi connectivity index (χ1v) is 8.45.